The van der Waals surface area contributed by atoms with Crippen LogP contribution in [0.1, 0.15) is 6.92 Å². The van der Waals surface area contributed by atoms with Crippen LogP contribution in [-0.4, -0.2) is 32.0 Å². The van der Waals surface area contributed by atoms with E-state index in [2.05, 4.69) is 4.74 Å². The Hall–Kier alpha value is -0.120. The molecule has 0 aliphatic rings. The third-order valence-corrected chi connectivity index (χ3v) is 0.288. The summed E-state index contributed by atoms with van der Waals surface area (Å²) < 4.78 is 4.25. The van der Waals surface area contributed by atoms with Gasteiger partial charge in [-0.15, -0.1) is 0 Å². The summed E-state index contributed by atoms with van der Waals surface area (Å²) in [5.74, 6) is 0. The van der Waals surface area contributed by atoms with Crippen molar-refractivity contribution in [2.24, 2.45) is 5.73 Å². The molecule has 0 aromatic carbocycles. The first-order chi connectivity index (χ1) is 3.68. The molecule has 0 amide bonds. The average molecular weight is 121 g/mol. The molecule has 0 radical (unpaired) electrons. The monoisotopic (exact) mass is 121 g/mol. The van der Waals surface area contributed by atoms with Gasteiger partial charge in [0.25, 0.3) is 0 Å². The summed E-state index contributed by atoms with van der Waals surface area (Å²) in [6, 6.07) is -0.0602. The van der Waals surface area contributed by atoms with Crippen LogP contribution in [0.4, 0.5) is 0 Å². The summed E-state index contributed by atoms with van der Waals surface area (Å²) in [5.41, 5.74) is 5.04. The second-order valence-electron chi connectivity index (χ2n) is 1.57. The molecule has 52 valence electrons. The predicted molar refractivity (Wildman–Crippen MR) is 33.7 cm³/mol. The number of hydrogen-bond acceptors (Lipinski definition) is 3. The van der Waals surface area contributed by atoms with Gasteiger partial charge in [-0.25, -0.2) is 0 Å². The zero-order valence-electron chi connectivity index (χ0n) is 5.72. The Morgan fingerprint density at radius 3 is 1.75 bits per heavy atom. The van der Waals surface area contributed by atoms with Gasteiger partial charge in [-0.2, -0.15) is 0 Å². The Bertz CT molecular complexity index is 31.6. The smallest absolute Gasteiger partial charge is 0.0579 e. The molecule has 0 aromatic rings. The summed E-state index contributed by atoms with van der Waals surface area (Å²) in [6.45, 7) is 1.83. The lowest BCUT2D eigenvalue weighted by molar-refractivity contribution is 0.273. The number of ether oxygens (including phenoxy) is 1. The number of hydrogen-bond donors (Lipinski definition) is 2. The van der Waals surface area contributed by atoms with Crippen LogP contribution >= 0.6 is 0 Å². The maximum absolute atomic E-state index is 8.02. The molecule has 3 N–H and O–H groups in total. The van der Waals surface area contributed by atoms with E-state index < -0.39 is 0 Å². The SMILES string of the molecule is CC(N)CO.COC. The van der Waals surface area contributed by atoms with Crippen molar-refractivity contribution in [3.05, 3.63) is 0 Å². The molecule has 1 unspecified atom stereocenters. The van der Waals surface area contributed by atoms with Crippen LogP contribution in [0.3, 0.4) is 0 Å². The van der Waals surface area contributed by atoms with E-state index in [-0.39, 0.29) is 12.6 Å². The van der Waals surface area contributed by atoms with E-state index in [1.165, 1.54) is 0 Å². The number of rotatable bonds is 1. The van der Waals surface area contributed by atoms with Crippen LogP contribution in [-0.2, 0) is 4.74 Å². The zero-order chi connectivity index (χ0) is 6.99. The zero-order valence-corrected chi connectivity index (χ0v) is 5.72. The fourth-order valence-corrected chi connectivity index (χ4v) is 0. The van der Waals surface area contributed by atoms with E-state index in [0.29, 0.717) is 0 Å². The molecule has 0 spiro atoms. The van der Waals surface area contributed by atoms with Crippen molar-refractivity contribution in [3.63, 3.8) is 0 Å². The highest BCUT2D eigenvalue weighted by Crippen LogP contribution is 1.62. The summed E-state index contributed by atoms with van der Waals surface area (Å²) >= 11 is 0. The van der Waals surface area contributed by atoms with Crippen LogP contribution < -0.4 is 5.73 Å². The third-order valence-electron chi connectivity index (χ3n) is 0.288. The number of aliphatic hydroxyl groups excluding tert-OH is 1. The number of aliphatic hydroxyl groups is 1. The van der Waals surface area contributed by atoms with Crippen molar-refractivity contribution >= 4 is 0 Å². The van der Waals surface area contributed by atoms with Gasteiger partial charge in [0.1, 0.15) is 0 Å². The Balaban J connectivity index is 0. The van der Waals surface area contributed by atoms with Gasteiger partial charge >= 0.3 is 0 Å². The van der Waals surface area contributed by atoms with Crippen LogP contribution in [0, 0.1) is 0 Å². The Morgan fingerprint density at radius 2 is 1.75 bits per heavy atom. The lowest BCUT2D eigenvalue weighted by atomic mass is 10.4. The van der Waals surface area contributed by atoms with Gasteiger partial charge in [-0.1, -0.05) is 0 Å². The van der Waals surface area contributed by atoms with Crippen molar-refractivity contribution in [1.29, 1.82) is 0 Å². The van der Waals surface area contributed by atoms with Gasteiger partial charge in [0.2, 0.25) is 0 Å². The molecule has 0 aromatic heterocycles. The molecular formula is C5H15NO2. The van der Waals surface area contributed by atoms with E-state index in [1.54, 1.807) is 21.1 Å². The molecule has 8 heavy (non-hydrogen) atoms. The van der Waals surface area contributed by atoms with E-state index in [9.17, 15) is 0 Å². The van der Waals surface area contributed by atoms with Crippen molar-refractivity contribution in [2.75, 3.05) is 20.8 Å². The molecule has 0 saturated carbocycles. The van der Waals surface area contributed by atoms with Crippen molar-refractivity contribution in [1.82, 2.24) is 0 Å². The molecule has 0 rings (SSSR count). The molecule has 0 aliphatic carbocycles. The molecule has 0 saturated heterocycles. The van der Waals surface area contributed by atoms with Gasteiger partial charge in [0.15, 0.2) is 0 Å². The van der Waals surface area contributed by atoms with Crippen LogP contribution in [0.2, 0.25) is 0 Å². The minimum Gasteiger partial charge on any atom is -0.395 e. The molecule has 3 heteroatoms. The second kappa shape index (κ2) is 9.99. The van der Waals surface area contributed by atoms with E-state index in [4.69, 9.17) is 10.8 Å². The molecule has 1 atom stereocenters. The van der Waals surface area contributed by atoms with Gasteiger partial charge in [0.05, 0.1) is 6.61 Å². The van der Waals surface area contributed by atoms with Crippen LogP contribution in [0.5, 0.6) is 0 Å². The molecule has 0 heterocycles. The first-order valence-electron chi connectivity index (χ1n) is 2.45. The van der Waals surface area contributed by atoms with E-state index in [0.717, 1.165) is 0 Å². The summed E-state index contributed by atoms with van der Waals surface area (Å²) in [6.07, 6.45) is 0. The van der Waals surface area contributed by atoms with E-state index in [1.807, 2.05) is 0 Å². The first kappa shape index (κ1) is 10.8. The van der Waals surface area contributed by atoms with Crippen LogP contribution in [0.15, 0.2) is 0 Å². The Labute approximate surface area is 50.5 Å². The van der Waals surface area contributed by atoms with Crippen LogP contribution in [0.25, 0.3) is 0 Å². The molecule has 3 nitrogen and oxygen atoms in total. The minimum absolute atomic E-state index is 0.0602. The molecule has 0 aliphatic heterocycles. The first-order valence-corrected chi connectivity index (χ1v) is 2.45. The summed E-state index contributed by atoms with van der Waals surface area (Å²) in [5, 5.41) is 8.02. The van der Waals surface area contributed by atoms with Crippen molar-refractivity contribution in [2.45, 2.75) is 13.0 Å². The highest BCUT2D eigenvalue weighted by molar-refractivity contribution is 4.43. The largest absolute Gasteiger partial charge is 0.395 e. The standard InChI is InChI=1S/C3H9NO.C2H6O/c1-3(4)2-5;1-3-2/h3,5H,2,4H2,1H3;1-2H3. The molecule has 0 bridgehead atoms. The normalized spacial score (nSPS) is 11.6. The average Bonchev–Trinajstić information content (AvgIpc) is 1.69. The van der Waals surface area contributed by atoms with Gasteiger partial charge in [-0.05, 0) is 6.92 Å². The molecule has 0 fully saturated rings. The number of nitrogens with two attached hydrogens (primary N) is 1. The second-order valence-corrected chi connectivity index (χ2v) is 1.57. The topological polar surface area (TPSA) is 55.5 Å². The Morgan fingerprint density at radius 1 is 1.62 bits per heavy atom. The summed E-state index contributed by atoms with van der Waals surface area (Å²) in [4.78, 5) is 0. The lowest BCUT2D eigenvalue weighted by Gasteiger charge is -1.91. The molecular weight excluding hydrogens is 106 g/mol. The highest BCUT2D eigenvalue weighted by Gasteiger charge is 1.81. The van der Waals surface area contributed by atoms with Crippen molar-refractivity contribution in [3.8, 4) is 0 Å². The fraction of sp³-hybridized carbons (Fsp3) is 1.00. The minimum atomic E-state index is -0.0602. The van der Waals surface area contributed by atoms with Gasteiger partial charge in [0, 0.05) is 20.3 Å². The fourth-order valence-electron chi connectivity index (χ4n) is 0. The quantitative estimate of drug-likeness (QED) is 0.496. The highest BCUT2D eigenvalue weighted by atomic mass is 16.4. The lowest BCUT2D eigenvalue weighted by Crippen LogP contribution is -2.18. The third kappa shape index (κ3) is 39.6. The van der Waals surface area contributed by atoms with E-state index >= 15 is 0 Å². The Kier molecular flexibility index (Phi) is 13.5. The maximum Gasteiger partial charge on any atom is 0.0579 e. The predicted octanol–water partition coefficient (Wildman–Crippen LogP) is -0.412. The summed E-state index contributed by atoms with van der Waals surface area (Å²) in [7, 11) is 3.25. The van der Waals surface area contributed by atoms with Crippen molar-refractivity contribution < 1.29 is 9.84 Å². The maximum atomic E-state index is 8.02. The van der Waals surface area contributed by atoms with Gasteiger partial charge < -0.3 is 15.6 Å². The number of methoxy groups -OCH3 is 1. The van der Waals surface area contributed by atoms with Gasteiger partial charge in [-0.3, -0.25) is 0 Å².